The smallest absolute Gasteiger partial charge is 0.165 e. The summed E-state index contributed by atoms with van der Waals surface area (Å²) in [6.07, 6.45) is 11.1. The van der Waals surface area contributed by atoms with Crippen molar-refractivity contribution in [2.24, 2.45) is 0 Å². The van der Waals surface area contributed by atoms with Gasteiger partial charge in [-0.25, -0.2) is 4.39 Å². The average Bonchev–Trinajstić information content (AvgIpc) is 2.97. The first kappa shape index (κ1) is 29.2. The quantitative estimate of drug-likeness (QED) is 0.238. The maximum absolute atomic E-state index is 14.8. The van der Waals surface area contributed by atoms with Crippen molar-refractivity contribution in [2.75, 3.05) is 45.2 Å². The van der Waals surface area contributed by atoms with Crippen LogP contribution >= 0.6 is 0 Å². The van der Waals surface area contributed by atoms with Crippen molar-refractivity contribution in [3.8, 4) is 17.2 Å². The molecule has 220 valence electrons. The molecule has 0 saturated carbocycles. The van der Waals surface area contributed by atoms with Crippen LogP contribution in [0.15, 0.2) is 54.6 Å². The maximum Gasteiger partial charge on any atom is 0.165 e. The number of hydrogen-bond donors (Lipinski definition) is 2. The minimum Gasteiger partial charge on any atom is -0.508 e. The summed E-state index contributed by atoms with van der Waals surface area (Å²) in [7, 11) is 1.69. The Bertz CT molecular complexity index is 1270. The van der Waals surface area contributed by atoms with Crippen LogP contribution in [-0.2, 0) is 19.3 Å². The highest BCUT2D eigenvalue weighted by molar-refractivity contribution is 5.57. The van der Waals surface area contributed by atoms with Crippen molar-refractivity contribution in [2.45, 2.75) is 70.1 Å². The van der Waals surface area contributed by atoms with E-state index in [1.54, 1.807) is 25.3 Å². The number of fused-ring (bicyclic) bond motifs is 1. The summed E-state index contributed by atoms with van der Waals surface area (Å²) in [4.78, 5) is 2.45. The van der Waals surface area contributed by atoms with Gasteiger partial charge in [-0.05, 0) is 117 Å². The van der Waals surface area contributed by atoms with Crippen LogP contribution in [0.2, 0.25) is 0 Å². The van der Waals surface area contributed by atoms with Crippen molar-refractivity contribution < 1.29 is 19.0 Å². The normalized spacial score (nSPS) is 17.8. The Balaban J connectivity index is 1.12. The zero-order valence-electron chi connectivity index (χ0n) is 24.5. The number of phenols is 1. The van der Waals surface area contributed by atoms with Crippen molar-refractivity contribution >= 4 is 5.69 Å². The average molecular weight is 561 g/mol. The van der Waals surface area contributed by atoms with E-state index in [0.29, 0.717) is 24.0 Å². The van der Waals surface area contributed by atoms with E-state index >= 15 is 0 Å². The summed E-state index contributed by atoms with van der Waals surface area (Å²) in [5.41, 5.74) is 5.95. The summed E-state index contributed by atoms with van der Waals surface area (Å²) in [6, 6.07) is 17.4. The van der Waals surface area contributed by atoms with Crippen molar-refractivity contribution in [3.63, 3.8) is 0 Å². The molecule has 0 amide bonds. The summed E-state index contributed by atoms with van der Waals surface area (Å²) in [6.45, 7) is 4.41. The number of nitrogens with zero attached hydrogens (tertiary/aromatic N) is 1. The summed E-state index contributed by atoms with van der Waals surface area (Å²) >= 11 is 0. The van der Waals surface area contributed by atoms with E-state index in [1.165, 1.54) is 48.8 Å². The fourth-order valence-electron chi connectivity index (χ4n) is 6.33. The number of aryl methyl sites for hydroxylation is 2. The molecular formula is C35H45FN2O3. The molecule has 1 atom stereocenters. The number of methoxy groups -OCH3 is 1. The highest BCUT2D eigenvalue weighted by atomic mass is 19.1. The zero-order chi connectivity index (χ0) is 28.4. The van der Waals surface area contributed by atoms with E-state index in [2.05, 4.69) is 28.4 Å². The number of benzene rings is 3. The molecule has 0 radical (unpaired) electrons. The molecule has 1 saturated heterocycles. The van der Waals surface area contributed by atoms with E-state index in [-0.39, 0.29) is 5.82 Å². The molecule has 1 fully saturated rings. The predicted molar refractivity (Wildman–Crippen MR) is 164 cm³/mol. The summed E-state index contributed by atoms with van der Waals surface area (Å²) in [5.74, 6) is 1.66. The number of nitrogens with one attached hydrogen (secondary N) is 1. The number of halogens is 1. The van der Waals surface area contributed by atoms with Gasteiger partial charge in [-0.15, -0.1) is 0 Å². The molecule has 0 bridgehead atoms. The standard InChI is InChI=1S/C35H45FN2O3/c1-40-31-14-15-32(29-11-10-28-24-30(39)13-12-27(28)23-29)34(25-31)37-17-7-8-26-9-16-35(33(36)22-26)41-21-20-38-18-5-3-2-4-6-19-38/h9,12-16,22,24-25,29,37,39H,2-8,10-11,17-21,23H2,1H3/t29-/m1/s1. The lowest BCUT2D eigenvalue weighted by Crippen LogP contribution is -2.31. The van der Waals surface area contributed by atoms with Gasteiger partial charge >= 0.3 is 0 Å². The molecular weight excluding hydrogens is 515 g/mol. The third-order valence-corrected chi connectivity index (χ3v) is 8.69. The van der Waals surface area contributed by atoms with Gasteiger partial charge in [0.2, 0.25) is 0 Å². The number of hydrogen-bond acceptors (Lipinski definition) is 5. The van der Waals surface area contributed by atoms with E-state index < -0.39 is 0 Å². The highest BCUT2D eigenvalue weighted by Gasteiger charge is 2.23. The van der Waals surface area contributed by atoms with Crippen LogP contribution in [0.25, 0.3) is 0 Å². The lowest BCUT2D eigenvalue weighted by atomic mass is 9.79. The van der Waals surface area contributed by atoms with Crippen LogP contribution in [0, 0.1) is 5.82 Å². The van der Waals surface area contributed by atoms with Crippen LogP contribution in [0.5, 0.6) is 17.2 Å². The second-order valence-corrected chi connectivity index (χ2v) is 11.6. The molecule has 1 heterocycles. The maximum atomic E-state index is 14.8. The SMILES string of the molecule is COc1ccc([C@@H]2CCc3cc(O)ccc3C2)c(NCCCc2ccc(OCCN3CCCCCCC3)c(F)c2)c1. The highest BCUT2D eigenvalue weighted by Crippen LogP contribution is 2.38. The van der Waals surface area contributed by atoms with Gasteiger partial charge in [0.15, 0.2) is 11.6 Å². The lowest BCUT2D eigenvalue weighted by Gasteiger charge is -2.27. The first-order valence-electron chi connectivity index (χ1n) is 15.4. The lowest BCUT2D eigenvalue weighted by molar-refractivity contribution is 0.192. The van der Waals surface area contributed by atoms with E-state index in [1.807, 2.05) is 18.2 Å². The molecule has 0 unspecified atom stereocenters. The minimum absolute atomic E-state index is 0.274. The van der Waals surface area contributed by atoms with Gasteiger partial charge < -0.3 is 19.9 Å². The zero-order valence-corrected chi connectivity index (χ0v) is 24.5. The molecule has 5 nitrogen and oxygen atoms in total. The first-order valence-corrected chi connectivity index (χ1v) is 15.4. The number of aromatic hydroxyl groups is 1. The van der Waals surface area contributed by atoms with Gasteiger partial charge in [0, 0.05) is 24.8 Å². The second kappa shape index (κ2) is 14.6. The van der Waals surface area contributed by atoms with Gasteiger partial charge in [-0.1, -0.05) is 37.5 Å². The topological polar surface area (TPSA) is 54.0 Å². The Labute approximate surface area is 244 Å². The van der Waals surface area contributed by atoms with Crippen LogP contribution in [0.1, 0.15) is 73.1 Å². The largest absolute Gasteiger partial charge is 0.508 e. The van der Waals surface area contributed by atoms with Gasteiger partial charge in [0.25, 0.3) is 0 Å². The molecule has 2 N–H and O–H groups in total. The third kappa shape index (κ3) is 8.16. The number of phenolic OH excluding ortho intramolecular Hbond substituents is 1. The van der Waals surface area contributed by atoms with Gasteiger partial charge in [-0.3, -0.25) is 4.90 Å². The third-order valence-electron chi connectivity index (χ3n) is 8.69. The van der Waals surface area contributed by atoms with Crippen molar-refractivity contribution in [1.82, 2.24) is 4.90 Å². The van der Waals surface area contributed by atoms with E-state index in [4.69, 9.17) is 9.47 Å². The predicted octanol–water partition coefficient (Wildman–Crippen LogP) is 7.50. The Morgan fingerprint density at radius 3 is 2.59 bits per heavy atom. The Morgan fingerprint density at radius 1 is 0.951 bits per heavy atom. The second-order valence-electron chi connectivity index (χ2n) is 11.6. The molecule has 1 aliphatic carbocycles. The van der Waals surface area contributed by atoms with Gasteiger partial charge in [-0.2, -0.15) is 0 Å². The summed E-state index contributed by atoms with van der Waals surface area (Å²) in [5, 5.41) is 13.5. The van der Waals surface area contributed by atoms with Crippen molar-refractivity contribution in [1.29, 1.82) is 0 Å². The van der Waals surface area contributed by atoms with Crippen molar-refractivity contribution in [3.05, 3.63) is 82.7 Å². The number of anilines is 1. The molecule has 0 spiro atoms. The van der Waals surface area contributed by atoms with E-state index in [9.17, 15) is 9.50 Å². The van der Waals surface area contributed by atoms with Crippen LogP contribution in [0.4, 0.5) is 10.1 Å². The molecule has 3 aromatic rings. The van der Waals surface area contributed by atoms with Gasteiger partial charge in [0.1, 0.15) is 18.1 Å². The van der Waals surface area contributed by atoms with Crippen LogP contribution in [-0.4, -0.2) is 49.9 Å². The molecule has 2 aliphatic rings. The summed E-state index contributed by atoms with van der Waals surface area (Å²) < 4.78 is 26.1. The molecule has 5 rings (SSSR count). The minimum atomic E-state index is -0.274. The molecule has 0 aromatic heterocycles. The van der Waals surface area contributed by atoms with E-state index in [0.717, 1.165) is 75.3 Å². The molecule has 41 heavy (non-hydrogen) atoms. The fourth-order valence-corrected chi connectivity index (χ4v) is 6.33. The number of likely N-dealkylation sites (tertiary alicyclic amines) is 1. The van der Waals surface area contributed by atoms with Crippen LogP contribution in [0.3, 0.4) is 0 Å². The molecule has 3 aromatic carbocycles. The number of rotatable bonds is 11. The fraction of sp³-hybridized carbons (Fsp3) is 0.486. The number of ether oxygens (including phenoxy) is 2. The monoisotopic (exact) mass is 560 g/mol. The Kier molecular flexibility index (Phi) is 10.4. The van der Waals surface area contributed by atoms with Gasteiger partial charge in [0.05, 0.1) is 7.11 Å². The molecule has 1 aliphatic heterocycles. The van der Waals surface area contributed by atoms with Crippen LogP contribution < -0.4 is 14.8 Å². The molecule has 6 heteroatoms. The Morgan fingerprint density at radius 2 is 1.78 bits per heavy atom. The first-order chi connectivity index (χ1) is 20.1. The Hall–Kier alpha value is -3.25.